The average Bonchev–Trinajstić information content (AvgIpc) is 2.60. The first-order valence-corrected chi connectivity index (χ1v) is 7.64. The summed E-state index contributed by atoms with van der Waals surface area (Å²) in [6, 6.07) is 0. The van der Waals surface area contributed by atoms with Crippen LogP contribution in [-0.4, -0.2) is 22.8 Å². The number of aromatic nitrogens is 1. The number of hydrogen-bond acceptors (Lipinski definition) is 4. The number of halogens is 1. The second-order valence-corrected chi connectivity index (χ2v) is 6.77. The van der Waals surface area contributed by atoms with Crippen LogP contribution >= 0.6 is 27.3 Å². The van der Waals surface area contributed by atoms with Gasteiger partial charge < -0.3 is 20.1 Å². The Morgan fingerprint density at radius 1 is 1.55 bits per heavy atom. The van der Waals surface area contributed by atoms with Crippen molar-refractivity contribution >= 4 is 43.4 Å². The highest BCUT2D eigenvalue weighted by Gasteiger charge is 2.23. The number of carboxylic acid groups (broad SMARTS) is 1. The van der Waals surface area contributed by atoms with Gasteiger partial charge >= 0.3 is 6.09 Å². The van der Waals surface area contributed by atoms with Gasteiger partial charge in [-0.15, -0.1) is 11.3 Å². The molecule has 3 heterocycles. The van der Waals surface area contributed by atoms with E-state index in [2.05, 4.69) is 26.2 Å². The summed E-state index contributed by atoms with van der Waals surface area (Å²) in [4.78, 5) is 25.5. The molecule has 2 aromatic rings. The lowest BCUT2D eigenvalue weighted by molar-refractivity contribution is 0.193. The zero-order valence-electron chi connectivity index (χ0n) is 10.3. The quantitative estimate of drug-likeness (QED) is 0.768. The number of nitrogens with one attached hydrogen (secondary N) is 2. The zero-order chi connectivity index (χ0) is 14.3. The highest BCUT2D eigenvalue weighted by Crippen LogP contribution is 2.43. The summed E-state index contributed by atoms with van der Waals surface area (Å²) in [5.41, 5.74) is 1.36. The van der Waals surface area contributed by atoms with Crippen molar-refractivity contribution in [2.75, 3.05) is 6.61 Å². The molecule has 0 aromatic carbocycles. The number of hydrogen-bond donors (Lipinski definition) is 3. The van der Waals surface area contributed by atoms with Crippen LogP contribution in [-0.2, 0) is 13.0 Å². The van der Waals surface area contributed by atoms with Gasteiger partial charge in [-0.2, -0.15) is 0 Å². The molecule has 0 atom stereocenters. The van der Waals surface area contributed by atoms with E-state index >= 15 is 0 Å². The second kappa shape index (κ2) is 5.10. The van der Waals surface area contributed by atoms with Gasteiger partial charge in [0.1, 0.15) is 8.49 Å². The molecule has 106 valence electrons. The van der Waals surface area contributed by atoms with Gasteiger partial charge in [-0.3, -0.25) is 4.79 Å². The minimum Gasteiger partial charge on any atom is -0.491 e. The fourth-order valence-electron chi connectivity index (χ4n) is 2.39. The Hall–Kier alpha value is -1.54. The van der Waals surface area contributed by atoms with E-state index in [1.807, 2.05) is 0 Å². The first-order chi connectivity index (χ1) is 9.58. The highest BCUT2D eigenvalue weighted by atomic mass is 79.9. The molecular formula is C12H11BrN2O4S. The Labute approximate surface area is 125 Å². The number of aromatic amines is 1. The summed E-state index contributed by atoms with van der Waals surface area (Å²) in [6.45, 7) is 0.669. The van der Waals surface area contributed by atoms with Gasteiger partial charge in [0.2, 0.25) is 0 Å². The molecule has 0 saturated carbocycles. The highest BCUT2D eigenvalue weighted by molar-refractivity contribution is 9.11. The van der Waals surface area contributed by atoms with Crippen molar-refractivity contribution in [1.82, 2.24) is 10.3 Å². The van der Waals surface area contributed by atoms with Gasteiger partial charge in [0.15, 0.2) is 5.75 Å². The van der Waals surface area contributed by atoms with Crippen LogP contribution in [0.5, 0.6) is 5.75 Å². The van der Waals surface area contributed by atoms with E-state index in [1.165, 1.54) is 11.3 Å². The molecule has 6 nitrogen and oxygen atoms in total. The summed E-state index contributed by atoms with van der Waals surface area (Å²) < 4.78 is 7.11. The summed E-state index contributed by atoms with van der Waals surface area (Å²) >= 11 is 4.76. The number of amides is 1. The molecule has 0 saturated heterocycles. The molecule has 0 radical (unpaired) electrons. The Bertz CT molecular complexity index is 752. The fraction of sp³-hybridized carbons (Fsp3) is 0.333. The molecule has 3 N–H and O–H groups in total. The monoisotopic (exact) mass is 358 g/mol. The van der Waals surface area contributed by atoms with E-state index in [1.54, 1.807) is 0 Å². The third kappa shape index (κ3) is 2.18. The first kappa shape index (κ1) is 13.4. The lowest BCUT2D eigenvalue weighted by Gasteiger charge is -2.09. The normalized spacial score (nSPS) is 13.8. The van der Waals surface area contributed by atoms with Crippen LogP contribution in [0.1, 0.15) is 17.7 Å². The van der Waals surface area contributed by atoms with E-state index in [-0.39, 0.29) is 12.1 Å². The minimum atomic E-state index is -1.12. The third-order valence-electron chi connectivity index (χ3n) is 3.19. The number of ether oxygens (including phenoxy) is 1. The third-order valence-corrected chi connectivity index (χ3v) is 5.00. The molecule has 0 aliphatic carbocycles. The second-order valence-electron chi connectivity index (χ2n) is 4.43. The van der Waals surface area contributed by atoms with Crippen molar-refractivity contribution in [1.29, 1.82) is 0 Å². The van der Waals surface area contributed by atoms with Crippen LogP contribution in [0.4, 0.5) is 4.79 Å². The molecular weight excluding hydrogens is 348 g/mol. The predicted octanol–water partition coefficient (Wildman–Crippen LogP) is 2.44. The Kier molecular flexibility index (Phi) is 3.43. The van der Waals surface area contributed by atoms with Crippen LogP contribution in [0, 0.1) is 0 Å². The largest absolute Gasteiger partial charge is 0.491 e. The van der Waals surface area contributed by atoms with Gasteiger partial charge in [0.05, 0.1) is 13.2 Å². The van der Waals surface area contributed by atoms with Crippen molar-refractivity contribution in [3.05, 3.63) is 25.4 Å². The van der Waals surface area contributed by atoms with Gasteiger partial charge in [0, 0.05) is 11.1 Å². The predicted molar refractivity (Wildman–Crippen MR) is 78.8 cm³/mol. The van der Waals surface area contributed by atoms with Crippen molar-refractivity contribution in [3.63, 3.8) is 0 Å². The summed E-state index contributed by atoms with van der Waals surface area (Å²) in [7, 11) is 0. The average molecular weight is 359 g/mol. The standard InChI is InChI=1S/C12H11BrN2O4S/c13-10-8-7-5(2-1-3-19-8)6(4-14-12(17)18)15-11(16)9(7)20-10/h14H,1-4H2,(H,15,16)(H,17,18). The maximum atomic E-state index is 12.1. The van der Waals surface area contributed by atoms with Crippen molar-refractivity contribution < 1.29 is 14.6 Å². The van der Waals surface area contributed by atoms with Crippen molar-refractivity contribution in [3.8, 4) is 5.75 Å². The Morgan fingerprint density at radius 3 is 3.10 bits per heavy atom. The van der Waals surface area contributed by atoms with Gasteiger partial charge in [-0.05, 0) is 34.3 Å². The smallest absolute Gasteiger partial charge is 0.404 e. The fourth-order valence-corrected chi connectivity index (χ4v) is 4.08. The summed E-state index contributed by atoms with van der Waals surface area (Å²) in [6.07, 6.45) is 0.460. The molecule has 0 bridgehead atoms. The number of rotatable bonds is 2. The minimum absolute atomic E-state index is 0.0861. The van der Waals surface area contributed by atoms with Crippen molar-refractivity contribution in [2.45, 2.75) is 19.4 Å². The SMILES string of the molecule is O=C(O)NCc1[nH]c(=O)c2sc(Br)c3c2c1CCCO3. The van der Waals surface area contributed by atoms with E-state index < -0.39 is 6.09 Å². The van der Waals surface area contributed by atoms with Gasteiger partial charge in [-0.1, -0.05) is 0 Å². The maximum absolute atomic E-state index is 12.1. The zero-order valence-corrected chi connectivity index (χ0v) is 12.7. The number of aryl methyl sites for hydroxylation is 1. The Morgan fingerprint density at radius 2 is 2.35 bits per heavy atom. The number of thiophene rings is 1. The van der Waals surface area contributed by atoms with E-state index in [0.717, 1.165) is 27.6 Å². The van der Waals surface area contributed by atoms with Gasteiger partial charge in [0.25, 0.3) is 5.56 Å². The van der Waals surface area contributed by atoms with Crippen LogP contribution in [0.15, 0.2) is 8.58 Å². The molecule has 0 unspecified atom stereocenters. The summed E-state index contributed by atoms with van der Waals surface area (Å²) in [5.74, 6) is 0.695. The van der Waals surface area contributed by atoms with Crippen LogP contribution in [0.25, 0.3) is 10.1 Å². The molecule has 8 heteroatoms. The summed E-state index contributed by atoms with van der Waals surface area (Å²) in [5, 5.41) is 11.8. The molecule has 1 aliphatic rings. The molecule has 20 heavy (non-hydrogen) atoms. The van der Waals surface area contributed by atoms with Crippen LogP contribution in [0.3, 0.4) is 0 Å². The maximum Gasteiger partial charge on any atom is 0.404 e. The lowest BCUT2D eigenvalue weighted by atomic mass is 10.0. The van der Waals surface area contributed by atoms with E-state index in [9.17, 15) is 9.59 Å². The van der Waals surface area contributed by atoms with Crippen molar-refractivity contribution in [2.24, 2.45) is 0 Å². The molecule has 2 aromatic heterocycles. The van der Waals surface area contributed by atoms with Crippen LogP contribution in [0.2, 0.25) is 0 Å². The Balaban J connectivity index is 2.23. The topological polar surface area (TPSA) is 91.4 Å². The first-order valence-electron chi connectivity index (χ1n) is 6.03. The lowest BCUT2D eigenvalue weighted by Crippen LogP contribution is -2.23. The van der Waals surface area contributed by atoms with Gasteiger partial charge in [-0.25, -0.2) is 4.79 Å². The molecule has 0 spiro atoms. The molecule has 1 amide bonds. The van der Waals surface area contributed by atoms with E-state index in [4.69, 9.17) is 9.84 Å². The number of pyridine rings is 1. The van der Waals surface area contributed by atoms with E-state index in [0.29, 0.717) is 22.8 Å². The number of carbonyl (C=O) groups is 1. The molecule has 1 aliphatic heterocycles. The molecule has 0 fully saturated rings. The number of H-pyrrole nitrogens is 1. The van der Waals surface area contributed by atoms with Crippen LogP contribution < -0.4 is 15.6 Å². The molecule has 3 rings (SSSR count).